The fourth-order valence-electron chi connectivity index (χ4n) is 3.27. The molecule has 4 aromatic rings. The minimum atomic E-state index is -0.262. The number of pyridine rings is 1. The van der Waals surface area contributed by atoms with Crippen molar-refractivity contribution in [1.29, 1.82) is 0 Å². The molecule has 9 heteroatoms. The summed E-state index contributed by atoms with van der Waals surface area (Å²) in [6.07, 6.45) is 1.87. The summed E-state index contributed by atoms with van der Waals surface area (Å²) in [4.78, 5) is 33.5. The Morgan fingerprint density at radius 1 is 1.13 bits per heavy atom. The molecule has 5 rings (SSSR count). The van der Waals surface area contributed by atoms with Crippen LogP contribution >= 0.6 is 0 Å². The lowest BCUT2D eigenvalue weighted by atomic mass is 10.1. The number of ether oxygens (including phenoxy) is 2. The van der Waals surface area contributed by atoms with Gasteiger partial charge in [0.2, 0.25) is 12.7 Å². The molecular weight excluding hydrogens is 386 g/mol. The van der Waals surface area contributed by atoms with Gasteiger partial charge < -0.3 is 14.8 Å². The lowest BCUT2D eigenvalue weighted by molar-refractivity contribution is -0.120. The van der Waals surface area contributed by atoms with Crippen molar-refractivity contribution in [2.24, 2.45) is 0 Å². The molecule has 2 N–H and O–H groups in total. The number of carbonyl (C=O) groups is 1. The van der Waals surface area contributed by atoms with E-state index in [1.54, 1.807) is 24.4 Å². The Bertz CT molecular complexity index is 1300. The third-order valence-corrected chi connectivity index (χ3v) is 4.71. The number of aromatic nitrogens is 4. The second kappa shape index (κ2) is 7.36. The molecule has 0 saturated heterocycles. The molecule has 4 heterocycles. The summed E-state index contributed by atoms with van der Waals surface area (Å²) >= 11 is 0. The van der Waals surface area contributed by atoms with E-state index in [2.05, 4.69) is 20.4 Å². The molecule has 0 unspecified atom stereocenters. The summed E-state index contributed by atoms with van der Waals surface area (Å²) in [5.41, 5.74) is 2.88. The van der Waals surface area contributed by atoms with E-state index in [0.29, 0.717) is 34.2 Å². The van der Waals surface area contributed by atoms with Crippen LogP contribution in [0.1, 0.15) is 11.3 Å². The van der Waals surface area contributed by atoms with Crippen LogP contribution in [0.3, 0.4) is 0 Å². The molecular formula is C21H17N5O4. The van der Waals surface area contributed by atoms with Gasteiger partial charge in [-0.1, -0.05) is 12.1 Å². The fourth-order valence-corrected chi connectivity index (χ4v) is 3.27. The number of hydrogen-bond donors (Lipinski definition) is 2. The summed E-state index contributed by atoms with van der Waals surface area (Å²) in [5.74, 6) is 1.13. The van der Waals surface area contributed by atoms with Crippen molar-refractivity contribution >= 4 is 11.6 Å². The number of nitrogens with zero attached hydrogens (tertiary/aromatic N) is 3. The second-order valence-corrected chi connectivity index (χ2v) is 6.81. The van der Waals surface area contributed by atoms with Crippen LogP contribution in [0.4, 0.5) is 0 Å². The average molecular weight is 403 g/mol. The molecule has 0 bridgehead atoms. The largest absolute Gasteiger partial charge is 0.454 e. The first-order valence-electron chi connectivity index (χ1n) is 9.34. The number of benzene rings is 1. The number of carbonyl (C=O) groups excluding carboxylic acids is 1. The van der Waals surface area contributed by atoms with Gasteiger partial charge in [-0.25, -0.2) is 9.50 Å². The number of hydrogen-bond acceptors (Lipinski definition) is 6. The van der Waals surface area contributed by atoms with Crippen LogP contribution in [0.5, 0.6) is 11.5 Å². The van der Waals surface area contributed by atoms with Crippen molar-refractivity contribution in [2.45, 2.75) is 13.0 Å². The molecule has 150 valence electrons. The van der Waals surface area contributed by atoms with Crippen molar-refractivity contribution in [2.75, 3.05) is 6.79 Å². The van der Waals surface area contributed by atoms with Gasteiger partial charge in [-0.2, -0.15) is 0 Å². The second-order valence-electron chi connectivity index (χ2n) is 6.81. The van der Waals surface area contributed by atoms with Crippen LogP contribution in [-0.4, -0.2) is 32.3 Å². The number of fused-ring (bicyclic) bond motifs is 2. The van der Waals surface area contributed by atoms with E-state index in [-0.39, 0.29) is 31.2 Å². The Hall–Kier alpha value is -4.14. The third kappa shape index (κ3) is 3.48. The summed E-state index contributed by atoms with van der Waals surface area (Å²) in [7, 11) is 0. The Labute approximate surface area is 170 Å². The van der Waals surface area contributed by atoms with E-state index in [1.807, 2.05) is 24.3 Å². The first-order chi connectivity index (χ1) is 14.7. The first kappa shape index (κ1) is 17.9. The fraction of sp³-hybridized carbons (Fsp3) is 0.143. The number of amides is 1. The Morgan fingerprint density at radius 2 is 2.03 bits per heavy atom. The maximum atomic E-state index is 12.4. The molecule has 0 aliphatic carbocycles. The highest BCUT2D eigenvalue weighted by molar-refractivity contribution is 5.78. The van der Waals surface area contributed by atoms with E-state index >= 15 is 0 Å². The zero-order valence-corrected chi connectivity index (χ0v) is 15.8. The predicted octanol–water partition coefficient (Wildman–Crippen LogP) is 1.67. The standard InChI is InChI=1S/C21H17N5O4/c27-20(8-13-4-5-17-18(7-13)30-12-29-17)23-11-14-9-21(28)26-19(24-14)10-16(25-26)15-3-1-2-6-22-15/h1-7,9-10,25H,8,11-12H2,(H,23,27). The Balaban J connectivity index is 1.29. The van der Waals surface area contributed by atoms with Crippen LogP contribution in [0.2, 0.25) is 0 Å². The summed E-state index contributed by atoms with van der Waals surface area (Å²) in [5, 5.41) is 5.80. The quantitative estimate of drug-likeness (QED) is 0.525. The van der Waals surface area contributed by atoms with Gasteiger partial charge in [0.25, 0.3) is 5.56 Å². The molecule has 1 amide bonds. The van der Waals surface area contributed by atoms with Crippen LogP contribution in [0.15, 0.2) is 59.5 Å². The van der Waals surface area contributed by atoms with Gasteiger partial charge in [-0.3, -0.25) is 19.7 Å². The number of aromatic amines is 1. The first-order valence-corrected chi connectivity index (χ1v) is 9.34. The molecule has 1 aromatic carbocycles. The van der Waals surface area contributed by atoms with Crippen LogP contribution in [0.25, 0.3) is 17.0 Å². The van der Waals surface area contributed by atoms with Crippen molar-refractivity contribution in [3.8, 4) is 22.9 Å². The van der Waals surface area contributed by atoms with Crippen molar-refractivity contribution in [1.82, 2.24) is 24.9 Å². The molecule has 3 aromatic heterocycles. The van der Waals surface area contributed by atoms with E-state index in [9.17, 15) is 9.59 Å². The molecule has 0 spiro atoms. The smallest absolute Gasteiger partial charge is 0.272 e. The minimum absolute atomic E-state index is 0.152. The van der Waals surface area contributed by atoms with Crippen molar-refractivity contribution in [3.05, 3.63) is 76.3 Å². The van der Waals surface area contributed by atoms with Gasteiger partial charge in [0.05, 0.1) is 30.0 Å². The van der Waals surface area contributed by atoms with E-state index in [1.165, 1.54) is 10.6 Å². The van der Waals surface area contributed by atoms with Crippen LogP contribution < -0.4 is 20.3 Å². The van der Waals surface area contributed by atoms with Crippen LogP contribution in [-0.2, 0) is 17.8 Å². The molecule has 0 saturated carbocycles. The Morgan fingerprint density at radius 3 is 2.90 bits per heavy atom. The molecule has 0 fully saturated rings. The Kier molecular flexibility index (Phi) is 4.40. The van der Waals surface area contributed by atoms with Gasteiger partial charge >= 0.3 is 0 Å². The highest BCUT2D eigenvalue weighted by Crippen LogP contribution is 2.32. The van der Waals surface area contributed by atoms with E-state index < -0.39 is 0 Å². The number of H-pyrrole nitrogens is 1. The summed E-state index contributed by atoms with van der Waals surface area (Å²) in [6.45, 7) is 0.342. The topological polar surface area (TPSA) is 111 Å². The SMILES string of the molecule is O=C(Cc1ccc2c(c1)OCO2)NCc1cc(=O)n2[nH]c(-c3ccccn3)cc2n1. The monoisotopic (exact) mass is 403 g/mol. The van der Waals surface area contributed by atoms with Crippen molar-refractivity contribution < 1.29 is 14.3 Å². The summed E-state index contributed by atoms with van der Waals surface area (Å²) < 4.78 is 11.9. The normalized spacial score (nSPS) is 12.3. The zero-order chi connectivity index (χ0) is 20.5. The van der Waals surface area contributed by atoms with E-state index in [4.69, 9.17) is 9.47 Å². The predicted molar refractivity (Wildman–Crippen MR) is 107 cm³/mol. The van der Waals surface area contributed by atoms with Gasteiger partial charge in [0.15, 0.2) is 17.1 Å². The number of rotatable bonds is 5. The number of nitrogens with one attached hydrogen (secondary N) is 2. The van der Waals surface area contributed by atoms with Gasteiger partial charge in [-0.05, 0) is 29.8 Å². The van der Waals surface area contributed by atoms with Crippen molar-refractivity contribution in [3.63, 3.8) is 0 Å². The molecule has 9 nitrogen and oxygen atoms in total. The highest BCUT2D eigenvalue weighted by atomic mass is 16.7. The van der Waals surface area contributed by atoms with Gasteiger partial charge in [0, 0.05) is 18.3 Å². The average Bonchev–Trinajstić information content (AvgIpc) is 3.40. The van der Waals surface area contributed by atoms with Gasteiger partial charge in [0.1, 0.15) is 0 Å². The maximum absolute atomic E-state index is 12.4. The third-order valence-electron chi connectivity index (χ3n) is 4.71. The summed E-state index contributed by atoms with van der Waals surface area (Å²) in [6, 6.07) is 14.1. The molecule has 0 radical (unpaired) electrons. The van der Waals surface area contributed by atoms with E-state index in [0.717, 1.165) is 5.56 Å². The van der Waals surface area contributed by atoms with Crippen LogP contribution in [0, 0.1) is 0 Å². The van der Waals surface area contributed by atoms with Gasteiger partial charge in [-0.15, -0.1) is 0 Å². The molecule has 1 aliphatic heterocycles. The maximum Gasteiger partial charge on any atom is 0.272 e. The molecule has 30 heavy (non-hydrogen) atoms. The molecule has 0 atom stereocenters. The highest BCUT2D eigenvalue weighted by Gasteiger charge is 2.15. The zero-order valence-electron chi connectivity index (χ0n) is 15.8. The lowest BCUT2D eigenvalue weighted by Crippen LogP contribution is -2.26. The lowest BCUT2D eigenvalue weighted by Gasteiger charge is -2.06. The molecule has 1 aliphatic rings. The minimum Gasteiger partial charge on any atom is -0.454 e.